The van der Waals surface area contributed by atoms with E-state index in [1.807, 2.05) is 29.0 Å². The molecule has 1 aromatic carbocycles. The Bertz CT molecular complexity index is 640. The highest BCUT2D eigenvalue weighted by Crippen LogP contribution is 2.17. The summed E-state index contributed by atoms with van der Waals surface area (Å²) in [7, 11) is 1.64. The zero-order chi connectivity index (χ0) is 14.4. The van der Waals surface area contributed by atoms with Crippen molar-refractivity contribution in [3.63, 3.8) is 0 Å². The molecule has 0 saturated heterocycles. The molecule has 2 rings (SSSR count). The first-order chi connectivity index (χ1) is 9.74. The molecule has 20 heavy (non-hydrogen) atoms. The lowest BCUT2D eigenvalue weighted by atomic mass is 10.2. The van der Waals surface area contributed by atoms with E-state index in [4.69, 9.17) is 10.00 Å². The molecule has 5 heteroatoms. The number of carbonyl (C=O) groups excluding carboxylic acids is 1. The van der Waals surface area contributed by atoms with Crippen LogP contribution in [-0.2, 0) is 16.1 Å². The number of hydrogen-bond donors (Lipinski definition) is 1. The molecule has 0 bridgehead atoms. The zero-order valence-corrected chi connectivity index (χ0v) is 11.4. The number of rotatable bonds is 6. The van der Waals surface area contributed by atoms with E-state index in [9.17, 15) is 4.79 Å². The summed E-state index contributed by atoms with van der Waals surface area (Å²) in [4.78, 5) is 11.8. The minimum absolute atomic E-state index is 0.0250. The highest BCUT2D eigenvalue weighted by molar-refractivity contribution is 5.84. The zero-order valence-electron chi connectivity index (χ0n) is 11.4. The summed E-state index contributed by atoms with van der Waals surface area (Å²) in [6.07, 6.45) is 2.67. The minimum Gasteiger partial charge on any atom is -0.385 e. The average Bonchev–Trinajstić information content (AvgIpc) is 2.86. The summed E-state index contributed by atoms with van der Waals surface area (Å²) in [6, 6.07) is 9.47. The highest BCUT2D eigenvalue weighted by atomic mass is 16.5. The maximum Gasteiger partial charge on any atom is 0.239 e. The van der Waals surface area contributed by atoms with E-state index in [0.717, 1.165) is 17.3 Å². The van der Waals surface area contributed by atoms with Crippen molar-refractivity contribution in [3.05, 3.63) is 36.0 Å². The number of amides is 1. The summed E-state index contributed by atoms with van der Waals surface area (Å²) in [5.74, 6) is -0.0250. The van der Waals surface area contributed by atoms with Crippen LogP contribution in [0, 0.1) is 11.3 Å². The molecule has 0 aliphatic rings. The van der Waals surface area contributed by atoms with Crippen molar-refractivity contribution in [3.8, 4) is 6.07 Å². The van der Waals surface area contributed by atoms with E-state index >= 15 is 0 Å². The van der Waals surface area contributed by atoms with Gasteiger partial charge in [0.1, 0.15) is 6.54 Å². The number of ether oxygens (including phenoxy) is 1. The summed E-state index contributed by atoms with van der Waals surface area (Å²) in [5.41, 5.74) is 1.58. The van der Waals surface area contributed by atoms with Crippen molar-refractivity contribution in [2.75, 3.05) is 20.3 Å². The molecule has 0 unspecified atom stereocenters. The van der Waals surface area contributed by atoms with E-state index in [-0.39, 0.29) is 12.5 Å². The van der Waals surface area contributed by atoms with Crippen LogP contribution >= 0.6 is 0 Å². The second kappa shape index (κ2) is 6.73. The first-order valence-electron chi connectivity index (χ1n) is 6.49. The van der Waals surface area contributed by atoms with Crippen molar-refractivity contribution in [1.29, 1.82) is 5.26 Å². The van der Waals surface area contributed by atoms with Crippen molar-refractivity contribution in [1.82, 2.24) is 9.88 Å². The van der Waals surface area contributed by atoms with Crippen LogP contribution in [0.25, 0.3) is 10.9 Å². The van der Waals surface area contributed by atoms with Gasteiger partial charge in [-0.1, -0.05) is 0 Å². The van der Waals surface area contributed by atoms with Gasteiger partial charge in [-0.2, -0.15) is 5.26 Å². The number of nitriles is 1. The Kier molecular flexibility index (Phi) is 4.75. The molecule has 0 radical (unpaired) electrons. The molecule has 104 valence electrons. The van der Waals surface area contributed by atoms with E-state index in [0.29, 0.717) is 18.7 Å². The SMILES string of the molecule is COCCCNC(=O)Cn1ccc2cc(C#N)ccc21. The monoisotopic (exact) mass is 271 g/mol. The van der Waals surface area contributed by atoms with Crippen molar-refractivity contribution in [2.24, 2.45) is 0 Å². The first-order valence-corrected chi connectivity index (χ1v) is 6.49. The molecule has 1 aromatic heterocycles. The molecule has 0 spiro atoms. The Morgan fingerprint density at radius 1 is 1.45 bits per heavy atom. The van der Waals surface area contributed by atoms with Gasteiger partial charge < -0.3 is 14.6 Å². The Balaban J connectivity index is 1.99. The largest absolute Gasteiger partial charge is 0.385 e. The standard InChI is InChI=1S/C15H17N3O2/c1-20-8-2-6-17-15(19)11-18-7-5-13-9-12(10-16)3-4-14(13)18/h3-5,7,9H,2,6,8,11H2,1H3,(H,17,19). The lowest BCUT2D eigenvalue weighted by Crippen LogP contribution is -2.28. The summed E-state index contributed by atoms with van der Waals surface area (Å²) < 4.78 is 6.80. The molecule has 0 fully saturated rings. The van der Waals surface area contributed by atoms with Crippen LogP contribution in [0.5, 0.6) is 0 Å². The normalized spacial score (nSPS) is 10.4. The van der Waals surface area contributed by atoms with Crippen molar-refractivity contribution < 1.29 is 9.53 Å². The Morgan fingerprint density at radius 2 is 2.30 bits per heavy atom. The molecule has 2 aromatic rings. The number of methoxy groups -OCH3 is 1. The highest BCUT2D eigenvalue weighted by Gasteiger charge is 2.06. The number of nitrogens with zero attached hydrogens (tertiary/aromatic N) is 2. The summed E-state index contributed by atoms with van der Waals surface area (Å²) in [5, 5.41) is 12.7. The second-order valence-corrected chi connectivity index (χ2v) is 4.53. The molecule has 0 atom stereocenters. The third kappa shape index (κ3) is 3.37. The Morgan fingerprint density at radius 3 is 3.05 bits per heavy atom. The third-order valence-electron chi connectivity index (χ3n) is 3.06. The van der Waals surface area contributed by atoms with E-state index in [1.54, 1.807) is 13.2 Å². The molecule has 0 aliphatic heterocycles. The molecule has 1 amide bonds. The fraction of sp³-hybridized carbons (Fsp3) is 0.333. The molecule has 0 saturated carbocycles. The number of fused-ring (bicyclic) bond motifs is 1. The van der Waals surface area contributed by atoms with Crippen LogP contribution in [0.15, 0.2) is 30.5 Å². The fourth-order valence-corrected chi connectivity index (χ4v) is 2.06. The van der Waals surface area contributed by atoms with Gasteiger partial charge in [0.05, 0.1) is 11.6 Å². The van der Waals surface area contributed by atoms with Gasteiger partial charge in [-0.3, -0.25) is 4.79 Å². The lowest BCUT2D eigenvalue weighted by Gasteiger charge is -2.07. The number of aromatic nitrogens is 1. The molecular formula is C15H17N3O2. The average molecular weight is 271 g/mol. The molecule has 1 N–H and O–H groups in total. The topological polar surface area (TPSA) is 67.0 Å². The molecule has 1 heterocycles. The van der Waals surface area contributed by atoms with E-state index in [2.05, 4.69) is 11.4 Å². The quantitative estimate of drug-likeness (QED) is 0.813. The number of benzene rings is 1. The third-order valence-corrected chi connectivity index (χ3v) is 3.06. The summed E-state index contributed by atoms with van der Waals surface area (Å²) >= 11 is 0. The number of hydrogen-bond acceptors (Lipinski definition) is 3. The van der Waals surface area contributed by atoms with E-state index in [1.165, 1.54) is 0 Å². The second-order valence-electron chi connectivity index (χ2n) is 4.53. The van der Waals surface area contributed by atoms with Crippen LogP contribution in [-0.4, -0.2) is 30.7 Å². The van der Waals surface area contributed by atoms with Crippen LogP contribution in [0.4, 0.5) is 0 Å². The maximum atomic E-state index is 11.8. The predicted octanol–water partition coefficient (Wildman–Crippen LogP) is 1.67. The smallest absolute Gasteiger partial charge is 0.239 e. The Labute approximate surface area is 117 Å². The number of nitrogens with one attached hydrogen (secondary N) is 1. The van der Waals surface area contributed by atoms with Crippen molar-refractivity contribution in [2.45, 2.75) is 13.0 Å². The van der Waals surface area contributed by atoms with Gasteiger partial charge in [-0.25, -0.2) is 0 Å². The summed E-state index contributed by atoms with van der Waals surface area (Å²) in [6.45, 7) is 1.54. The molecule has 5 nitrogen and oxygen atoms in total. The van der Waals surface area contributed by atoms with Crippen LogP contribution < -0.4 is 5.32 Å². The van der Waals surface area contributed by atoms with Gasteiger partial charge in [-0.15, -0.1) is 0 Å². The number of carbonyl (C=O) groups is 1. The van der Waals surface area contributed by atoms with Gasteiger partial charge in [-0.05, 0) is 30.7 Å². The van der Waals surface area contributed by atoms with Crippen molar-refractivity contribution >= 4 is 16.8 Å². The predicted molar refractivity (Wildman–Crippen MR) is 76.2 cm³/mol. The fourth-order valence-electron chi connectivity index (χ4n) is 2.06. The van der Waals surface area contributed by atoms with Gasteiger partial charge in [0.2, 0.25) is 5.91 Å². The molecular weight excluding hydrogens is 254 g/mol. The van der Waals surface area contributed by atoms with Gasteiger partial charge in [0.15, 0.2) is 0 Å². The van der Waals surface area contributed by atoms with Gasteiger partial charge in [0, 0.05) is 37.4 Å². The maximum absolute atomic E-state index is 11.8. The van der Waals surface area contributed by atoms with Crippen LogP contribution in [0.1, 0.15) is 12.0 Å². The molecule has 0 aliphatic carbocycles. The lowest BCUT2D eigenvalue weighted by molar-refractivity contribution is -0.121. The van der Waals surface area contributed by atoms with Gasteiger partial charge in [0.25, 0.3) is 0 Å². The Hall–Kier alpha value is -2.32. The first kappa shape index (κ1) is 14.1. The van der Waals surface area contributed by atoms with Crippen LogP contribution in [0.3, 0.4) is 0 Å². The van der Waals surface area contributed by atoms with Gasteiger partial charge >= 0.3 is 0 Å². The van der Waals surface area contributed by atoms with Crippen LogP contribution in [0.2, 0.25) is 0 Å². The minimum atomic E-state index is -0.0250. The van der Waals surface area contributed by atoms with E-state index < -0.39 is 0 Å².